The predicted octanol–water partition coefficient (Wildman–Crippen LogP) is 1.36. The van der Waals surface area contributed by atoms with E-state index in [0.717, 1.165) is 13.0 Å². The minimum Gasteiger partial charge on any atom is -0.512 e. The highest BCUT2D eigenvalue weighted by atomic mass is 19.4. The van der Waals surface area contributed by atoms with E-state index in [-0.39, 0.29) is 11.5 Å². The first kappa shape index (κ1) is 13.7. The standard InChI is InChI=1S/C9H10BF3O4/c1-6(9(11,12)13)16-7-3-2-4-8(5-7)17-10(14)15/h2-6,14-15H,1H3/t6-/m1/s1. The van der Waals surface area contributed by atoms with Crippen LogP contribution in [0, 0.1) is 0 Å². The van der Waals surface area contributed by atoms with Gasteiger partial charge in [-0.25, -0.2) is 0 Å². The number of rotatable bonds is 4. The van der Waals surface area contributed by atoms with Crippen molar-refractivity contribution in [3.8, 4) is 11.5 Å². The summed E-state index contributed by atoms with van der Waals surface area (Å²) in [5.74, 6) is -0.0835. The first-order chi connectivity index (χ1) is 7.79. The van der Waals surface area contributed by atoms with Gasteiger partial charge in [-0.3, -0.25) is 0 Å². The van der Waals surface area contributed by atoms with Gasteiger partial charge in [0.05, 0.1) is 0 Å². The Bertz CT molecular complexity index is 370. The normalized spacial score (nSPS) is 13.1. The molecule has 2 N–H and O–H groups in total. The van der Waals surface area contributed by atoms with Crippen LogP contribution in [-0.2, 0) is 0 Å². The van der Waals surface area contributed by atoms with Crippen LogP contribution in [0.5, 0.6) is 11.5 Å². The molecule has 0 fully saturated rings. The van der Waals surface area contributed by atoms with Gasteiger partial charge in [0.25, 0.3) is 0 Å². The Kier molecular flexibility index (Phi) is 4.25. The van der Waals surface area contributed by atoms with Gasteiger partial charge < -0.3 is 19.4 Å². The minimum absolute atomic E-state index is 0.00752. The molecule has 8 heteroatoms. The summed E-state index contributed by atoms with van der Waals surface area (Å²) >= 11 is 0. The zero-order valence-corrected chi connectivity index (χ0v) is 8.81. The molecule has 17 heavy (non-hydrogen) atoms. The lowest BCUT2D eigenvalue weighted by molar-refractivity contribution is -0.189. The quantitative estimate of drug-likeness (QED) is 0.792. The molecule has 0 spiro atoms. The summed E-state index contributed by atoms with van der Waals surface area (Å²) in [7, 11) is -2.04. The number of hydrogen-bond acceptors (Lipinski definition) is 4. The topological polar surface area (TPSA) is 58.9 Å². The first-order valence-corrected chi connectivity index (χ1v) is 4.65. The van der Waals surface area contributed by atoms with Gasteiger partial charge in [-0.1, -0.05) is 6.07 Å². The van der Waals surface area contributed by atoms with E-state index in [4.69, 9.17) is 10.0 Å². The molecule has 4 nitrogen and oxygen atoms in total. The highest BCUT2D eigenvalue weighted by Gasteiger charge is 2.38. The minimum atomic E-state index is -4.46. The molecule has 0 saturated heterocycles. The molecule has 0 unspecified atom stereocenters. The Morgan fingerprint density at radius 3 is 2.35 bits per heavy atom. The number of ether oxygens (including phenoxy) is 1. The molecular weight excluding hydrogens is 240 g/mol. The van der Waals surface area contributed by atoms with Crippen molar-refractivity contribution in [2.75, 3.05) is 0 Å². The van der Waals surface area contributed by atoms with Gasteiger partial charge in [0.2, 0.25) is 0 Å². The van der Waals surface area contributed by atoms with Crippen molar-refractivity contribution in [3.63, 3.8) is 0 Å². The van der Waals surface area contributed by atoms with E-state index in [0.29, 0.717) is 0 Å². The molecule has 0 bridgehead atoms. The molecular formula is C9H10BF3O4. The van der Waals surface area contributed by atoms with E-state index in [9.17, 15) is 13.2 Å². The van der Waals surface area contributed by atoms with Crippen molar-refractivity contribution in [2.24, 2.45) is 0 Å². The number of halogens is 3. The molecule has 0 aliphatic carbocycles. The third kappa shape index (κ3) is 4.53. The molecule has 1 aromatic rings. The van der Waals surface area contributed by atoms with Crippen LogP contribution in [0.2, 0.25) is 0 Å². The summed E-state index contributed by atoms with van der Waals surface area (Å²) in [4.78, 5) is 0. The van der Waals surface area contributed by atoms with Gasteiger partial charge >= 0.3 is 13.5 Å². The summed E-state index contributed by atoms with van der Waals surface area (Å²) in [5, 5.41) is 17.0. The molecule has 0 amide bonds. The van der Waals surface area contributed by atoms with Crippen LogP contribution in [0.4, 0.5) is 13.2 Å². The van der Waals surface area contributed by atoms with Gasteiger partial charge in [-0.2, -0.15) is 13.2 Å². The fraction of sp³-hybridized carbons (Fsp3) is 0.333. The lowest BCUT2D eigenvalue weighted by atomic mass is 10.2. The van der Waals surface area contributed by atoms with E-state index in [1.807, 2.05) is 0 Å². The Morgan fingerprint density at radius 2 is 1.82 bits per heavy atom. The maximum Gasteiger partial charge on any atom is 0.707 e. The Balaban J connectivity index is 2.72. The Labute approximate surface area is 95.8 Å². The summed E-state index contributed by atoms with van der Waals surface area (Å²) < 4.78 is 45.7. The molecule has 0 heterocycles. The SMILES string of the molecule is C[C@@H](Oc1cccc(OB(O)O)c1)C(F)(F)F. The van der Waals surface area contributed by atoms with Crippen molar-refractivity contribution in [2.45, 2.75) is 19.2 Å². The summed E-state index contributed by atoms with van der Waals surface area (Å²) in [6.07, 6.45) is -6.43. The van der Waals surface area contributed by atoms with Crippen LogP contribution < -0.4 is 9.39 Å². The number of alkyl halides is 3. The maximum absolute atomic E-state index is 12.2. The van der Waals surface area contributed by atoms with Gasteiger partial charge in [0.1, 0.15) is 11.5 Å². The van der Waals surface area contributed by atoms with Crippen LogP contribution in [0.15, 0.2) is 24.3 Å². The molecule has 1 aromatic carbocycles. The maximum atomic E-state index is 12.2. The second-order valence-electron chi connectivity index (χ2n) is 3.22. The van der Waals surface area contributed by atoms with Gasteiger partial charge in [0, 0.05) is 6.07 Å². The highest BCUT2D eigenvalue weighted by molar-refractivity contribution is 6.33. The predicted molar refractivity (Wildman–Crippen MR) is 53.4 cm³/mol. The summed E-state index contributed by atoms with van der Waals surface area (Å²) in [5.41, 5.74) is 0. The molecule has 1 rings (SSSR count). The van der Waals surface area contributed by atoms with Crippen molar-refractivity contribution in [1.82, 2.24) is 0 Å². The van der Waals surface area contributed by atoms with Crippen molar-refractivity contribution in [1.29, 1.82) is 0 Å². The monoisotopic (exact) mass is 250 g/mol. The zero-order valence-electron chi connectivity index (χ0n) is 8.81. The third-order valence-corrected chi connectivity index (χ3v) is 1.82. The van der Waals surface area contributed by atoms with E-state index in [2.05, 4.69) is 9.39 Å². The molecule has 0 aliphatic rings. The zero-order chi connectivity index (χ0) is 13.1. The van der Waals surface area contributed by atoms with Crippen molar-refractivity contribution < 1.29 is 32.6 Å². The number of hydrogen-bond donors (Lipinski definition) is 2. The fourth-order valence-electron chi connectivity index (χ4n) is 1.01. The van der Waals surface area contributed by atoms with E-state index in [1.54, 1.807) is 0 Å². The molecule has 0 aliphatic heterocycles. The second kappa shape index (κ2) is 5.28. The Hall–Kier alpha value is -1.41. The van der Waals surface area contributed by atoms with Gasteiger partial charge in [0.15, 0.2) is 6.10 Å². The second-order valence-corrected chi connectivity index (χ2v) is 3.22. The van der Waals surface area contributed by atoms with Crippen LogP contribution in [-0.4, -0.2) is 29.6 Å². The van der Waals surface area contributed by atoms with Crippen LogP contribution in [0.25, 0.3) is 0 Å². The average Bonchev–Trinajstić information content (AvgIpc) is 2.15. The lowest BCUT2D eigenvalue weighted by Gasteiger charge is -2.18. The lowest BCUT2D eigenvalue weighted by Crippen LogP contribution is -2.31. The molecule has 0 saturated carbocycles. The van der Waals surface area contributed by atoms with Gasteiger partial charge in [-0.05, 0) is 19.1 Å². The molecule has 0 radical (unpaired) electrons. The molecule has 1 atom stereocenters. The molecule has 94 valence electrons. The number of benzene rings is 1. The smallest absolute Gasteiger partial charge is 0.512 e. The first-order valence-electron chi connectivity index (χ1n) is 4.65. The van der Waals surface area contributed by atoms with E-state index in [1.165, 1.54) is 18.2 Å². The Morgan fingerprint density at radius 1 is 1.24 bits per heavy atom. The average molecular weight is 250 g/mol. The summed E-state index contributed by atoms with van der Waals surface area (Å²) in [6.45, 7) is 0.869. The third-order valence-electron chi connectivity index (χ3n) is 1.82. The van der Waals surface area contributed by atoms with Gasteiger partial charge in [-0.15, -0.1) is 0 Å². The van der Waals surface area contributed by atoms with Crippen molar-refractivity contribution in [3.05, 3.63) is 24.3 Å². The van der Waals surface area contributed by atoms with Crippen LogP contribution >= 0.6 is 0 Å². The van der Waals surface area contributed by atoms with Crippen molar-refractivity contribution >= 4 is 7.32 Å². The largest absolute Gasteiger partial charge is 0.707 e. The fourth-order valence-corrected chi connectivity index (χ4v) is 1.01. The van der Waals surface area contributed by atoms with Crippen LogP contribution in [0.3, 0.4) is 0 Å². The van der Waals surface area contributed by atoms with E-state index < -0.39 is 19.6 Å². The van der Waals surface area contributed by atoms with Crippen LogP contribution in [0.1, 0.15) is 6.92 Å². The van der Waals surface area contributed by atoms with E-state index >= 15 is 0 Å². The molecule has 0 aromatic heterocycles. The summed E-state index contributed by atoms with van der Waals surface area (Å²) in [6, 6.07) is 5.15. The highest BCUT2D eigenvalue weighted by Crippen LogP contribution is 2.26.